The fraction of sp³-hybridized carbons (Fsp3) is 0.300. The van der Waals surface area contributed by atoms with E-state index in [4.69, 9.17) is 5.73 Å². The molecule has 0 unspecified atom stereocenters. The lowest BCUT2D eigenvalue weighted by Crippen LogP contribution is -2.24. The van der Waals surface area contributed by atoms with Gasteiger partial charge in [-0.2, -0.15) is 13.2 Å². The molecule has 4 nitrogen and oxygen atoms in total. The molecule has 0 aliphatic carbocycles. The van der Waals surface area contributed by atoms with E-state index in [0.29, 0.717) is 0 Å². The zero-order valence-corrected chi connectivity index (χ0v) is 9.35. The van der Waals surface area contributed by atoms with Gasteiger partial charge in [0.2, 0.25) is 0 Å². The number of hydrogen-bond acceptors (Lipinski definition) is 3. The third-order valence-corrected chi connectivity index (χ3v) is 1.89. The minimum Gasteiger partial charge on any atom is -0.397 e. The Morgan fingerprint density at radius 2 is 1.95 bits per heavy atom. The smallest absolute Gasteiger partial charge is 0.397 e. The van der Waals surface area contributed by atoms with Gasteiger partial charge in [0.1, 0.15) is 18.9 Å². The highest BCUT2D eigenvalue weighted by atomic mass is 19.4. The van der Waals surface area contributed by atoms with Crippen LogP contribution in [-0.2, 0) is 9.53 Å². The van der Waals surface area contributed by atoms with Gasteiger partial charge >= 0.3 is 6.18 Å². The lowest BCUT2D eigenvalue weighted by atomic mass is 10.2. The molecule has 0 atom stereocenters. The molecule has 1 amide bonds. The maximum Gasteiger partial charge on any atom is 0.411 e. The number of carbonyl (C=O) groups excluding carboxylic acids is 1. The summed E-state index contributed by atoms with van der Waals surface area (Å²) in [5.74, 6) is -3.73. The Bertz CT molecular complexity index is 476. The molecule has 0 heterocycles. The zero-order chi connectivity index (χ0) is 14.6. The number of hydrogen-bond donors (Lipinski definition) is 2. The largest absolute Gasteiger partial charge is 0.411 e. The minimum absolute atomic E-state index is 0.261. The summed E-state index contributed by atoms with van der Waals surface area (Å²) in [5, 5.41) is 1.83. The van der Waals surface area contributed by atoms with Gasteiger partial charge in [0.15, 0.2) is 11.6 Å². The normalized spacial score (nSPS) is 11.4. The summed E-state index contributed by atoms with van der Waals surface area (Å²) in [7, 11) is 0. The standard InChI is InChI=1S/C10H9F5N2O2/c11-5-1-2-6(16)9(8(5)12)17-7(18)3-19-4-10(13,14)15/h1-2H,3-4,16H2,(H,17,18). The first-order chi connectivity index (χ1) is 8.70. The Morgan fingerprint density at radius 3 is 2.53 bits per heavy atom. The number of benzene rings is 1. The van der Waals surface area contributed by atoms with E-state index in [-0.39, 0.29) is 5.69 Å². The van der Waals surface area contributed by atoms with Crippen molar-refractivity contribution in [3.8, 4) is 0 Å². The summed E-state index contributed by atoms with van der Waals surface area (Å²) in [6.45, 7) is -2.59. The molecular formula is C10H9F5N2O2. The number of halogens is 5. The van der Waals surface area contributed by atoms with Gasteiger partial charge in [0.05, 0.1) is 5.69 Å². The SMILES string of the molecule is Nc1ccc(F)c(F)c1NC(=O)COCC(F)(F)F. The average molecular weight is 284 g/mol. The van der Waals surface area contributed by atoms with E-state index >= 15 is 0 Å². The maximum absolute atomic E-state index is 13.2. The van der Waals surface area contributed by atoms with Gasteiger partial charge in [0, 0.05) is 0 Å². The molecule has 9 heteroatoms. The van der Waals surface area contributed by atoms with E-state index in [1.165, 1.54) is 0 Å². The molecule has 0 fully saturated rings. The maximum atomic E-state index is 13.2. The Hall–Kier alpha value is -1.90. The number of ether oxygens (including phenoxy) is 1. The molecule has 0 aliphatic heterocycles. The molecule has 0 bridgehead atoms. The quantitative estimate of drug-likeness (QED) is 0.657. The van der Waals surface area contributed by atoms with Crippen molar-refractivity contribution in [2.24, 2.45) is 0 Å². The van der Waals surface area contributed by atoms with E-state index in [9.17, 15) is 26.7 Å². The second-order valence-corrected chi connectivity index (χ2v) is 3.48. The van der Waals surface area contributed by atoms with Gasteiger partial charge in [-0.3, -0.25) is 4.79 Å². The molecule has 1 aromatic carbocycles. The molecule has 0 saturated carbocycles. The number of alkyl halides is 3. The van der Waals surface area contributed by atoms with Crippen LogP contribution in [0.1, 0.15) is 0 Å². The van der Waals surface area contributed by atoms with Crippen LogP contribution in [0, 0.1) is 11.6 Å². The van der Waals surface area contributed by atoms with Gasteiger partial charge in [0.25, 0.3) is 5.91 Å². The monoisotopic (exact) mass is 284 g/mol. The second kappa shape index (κ2) is 5.83. The number of rotatable bonds is 4. The van der Waals surface area contributed by atoms with Gasteiger partial charge < -0.3 is 15.8 Å². The van der Waals surface area contributed by atoms with Crippen molar-refractivity contribution in [2.75, 3.05) is 24.3 Å². The second-order valence-electron chi connectivity index (χ2n) is 3.48. The highest BCUT2D eigenvalue weighted by molar-refractivity contribution is 5.94. The summed E-state index contributed by atoms with van der Waals surface area (Å²) in [5.41, 5.74) is 4.39. The molecule has 19 heavy (non-hydrogen) atoms. The molecule has 0 spiro atoms. The molecule has 0 aliphatic rings. The Labute approximate surface area is 104 Å². The first-order valence-electron chi connectivity index (χ1n) is 4.88. The van der Waals surface area contributed by atoms with E-state index < -0.39 is 42.6 Å². The number of nitrogen functional groups attached to an aromatic ring is 1. The van der Waals surface area contributed by atoms with Crippen LogP contribution < -0.4 is 11.1 Å². The van der Waals surface area contributed by atoms with Crippen molar-refractivity contribution in [1.82, 2.24) is 0 Å². The lowest BCUT2D eigenvalue weighted by molar-refractivity contribution is -0.174. The number of amides is 1. The van der Waals surface area contributed by atoms with Crippen molar-refractivity contribution in [3.63, 3.8) is 0 Å². The van der Waals surface area contributed by atoms with Crippen molar-refractivity contribution in [1.29, 1.82) is 0 Å². The summed E-state index contributed by atoms with van der Waals surface area (Å²) >= 11 is 0. The molecular weight excluding hydrogens is 275 g/mol. The fourth-order valence-corrected chi connectivity index (χ4v) is 1.13. The van der Waals surface area contributed by atoms with Crippen molar-refractivity contribution in [3.05, 3.63) is 23.8 Å². The van der Waals surface area contributed by atoms with Crippen LogP contribution in [0.4, 0.5) is 33.3 Å². The third-order valence-electron chi connectivity index (χ3n) is 1.89. The first kappa shape index (κ1) is 15.2. The minimum atomic E-state index is -4.58. The van der Waals surface area contributed by atoms with Crippen LogP contribution in [0.15, 0.2) is 12.1 Å². The van der Waals surface area contributed by atoms with Crippen LogP contribution in [0.3, 0.4) is 0 Å². The Kier molecular flexibility index (Phi) is 4.65. The number of nitrogens with two attached hydrogens (primary N) is 1. The van der Waals surface area contributed by atoms with Crippen LogP contribution in [0.25, 0.3) is 0 Å². The van der Waals surface area contributed by atoms with E-state index in [1.807, 2.05) is 5.32 Å². The van der Waals surface area contributed by atoms with Crippen molar-refractivity contribution >= 4 is 17.3 Å². The summed E-state index contributed by atoms with van der Waals surface area (Å²) in [6.07, 6.45) is -4.58. The molecule has 1 aromatic rings. The number of carbonyl (C=O) groups is 1. The van der Waals surface area contributed by atoms with E-state index in [1.54, 1.807) is 0 Å². The van der Waals surface area contributed by atoms with Crippen LogP contribution in [0.5, 0.6) is 0 Å². The Balaban J connectivity index is 2.61. The Morgan fingerprint density at radius 1 is 1.32 bits per heavy atom. The third kappa shape index (κ3) is 4.70. The highest BCUT2D eigenvalue weighted by Crippen LogP contribution is 2.24. The molecule has 1 rings (SSSR count). The van der Waals surface area contributed by atoms with Crippen molar-refractivity contribution in [2.45, 2.75) is 6.18 Å². The molecule has 3 N–H and O–H groups in total. The predicted molar refractivity (Wildman–Crippen MR) is 56.3 cm³/mol. The molecule has 106 valence electrons. The summed E-state index contributed by atoms with van der Waals surface area (Å²) in [4.78, 5) is 11.2. The number of nitrogens with one attached hydrogen (secondary N) is 1. The van der Waals surface area contributed by atoms with E-state index in [2.05, 4.69) is 4.74 Å². The summed E-state index contributed by atoms with van der Waals surface area (Å²) in [6, 6.07) is 1.76. The molecule has 0 saturated heterocycles. The number of anilines is 2. The van der Waals surface area contributed by atoms with Crippen LogP contribution in [-0.4, -0.2) is 25.3 Å². The van der Waals surface area contributed by atoms with Crippen LogP contribution in [0.2, 0.25) is 0 Å². The van der Waals surface area contributed by atoms with Gasteiger partial charge in [-0.1, -0.05) is 0 Å². The predicted octanol–water partition coefficient (Wildman–Crippen LogP) is 2.06. The summed E-state index contributed by atoms with van der Waals surface area (Å²) < 4.78 is 65.3. The molecule has 0 radical (unpaired) electrons. The topological polar surface area (TPSA) is 64.3 Å². The van der Waals surface area contributed by atoms with Gasteiger partial charge in [-0.15, -0.1) is 0 Å². The van der Waals surface area contributed by atoms with Crippen LogP contribution >= 0.6 is 0 Å². The van der Waals surface area contributed by atoms with Gasteiger partial charge in [-0.25, -0.2) is 8.78 Å². The van der Waals surface area contributed by atoms with Crippen molar-refractivity contribution < 1.29 is 31.5 Å². The van der Waals surface area contributed by atoms with E-state index in [0.717, 1.165) is 12.1 Å². The van der Waals surface area contributed by atoms with Gasteiger partial charge in [-0.05, 0) is 12.1 Å². The lowest BCUT2D eigenvalue weighted by Gasteiger charge is -2.10. The zero-order valence-electron chi connectivity index (χ0n) is 9.35. The highest BCUT2D eigenvalue weighted by Gasteiger charge is 2.28. The molecule has 0 aromatic heterocycles. The average Bonchev–Trinajstić information content (AvgIpc) is 2.28. The fourth-order valence-electron chi connectivity index (χ4n) is 1.13. The first-order valence-corrected chi connectivity index (χ1v) is 4.88.